The number of rotatable bonds is 7. The summed E-state index contributed by atoms with van der Waals surface area (Å²) in [7, 11) is -2.32. The Morgan fingerprint density at radius 3 is 2.10 bits per heavy atom. The number of amides is 1. The largest absolute Gasteiger partial charge is 0.497 e. The van der Waals surface area contributed by atoms with Gasteiger partial charge in [-0.3, -0.25) is 4.79 Å². The third-order valence-electron chi connectivity index (χ3n) is 3.38. The van der Waals surface area contributed by atoms with E-state index < -0.39 is 21.5 Å². The molecular weight excluding hydrogens is 280 g/mol. The summed E-state index contributed by atoms with van der Waals surface area (Å²) < 4.78 is 32.0. The summed E-state index contributed by atoms with van der Waals surface area (Å²) in [5.41, 5.74) is 4.07. The fourth-order valence-corrected chi connectivity index (χ4v) is 3.38. The van der Waals surface area contributed by atoms with Crippen LogP contribution in [0.4, 0.5) is 0 Å². The van der Waals surface area contributed by atoms with Gasteiger partial charge in [0.05, 0.1) is 12.0 Å². The standard InChI is InChI=1S/C13H20N2O4S/c1-4-13(5-2,12(14)16)15-20(17,18)11-8-6-10(19-3)7-9-11/h6-9,15H,4-5H2,1-3H3,(H2,14,16). The van der Waals surface area contributed by atoms with Crippen LogP contribution in [0, 0.1) is 0 Å². The maximum Gasteiger partial charge on any atom is 0.241 e. The number of carbonyl (C=O) groups excluding carboxylic acids is 1. The lowest BCUT2D eigenvalue weighted by Gasteiger charge is -2.28. The zero-order valence-electron chi connectivity index (χ0n) is 11.8. The van der Waals surface area contributed by atoms with Crippen molar-refractivity contribution in [1.82, 2.24) is 4.72 Å². The van der Waals surface area contributed by atoms with Gasteiger partial charge in [-0.2, -0.15) is 4.72 Å². The highest BCUT2D eigenvalue weighted by Gasteiger charge is 2.37. The molecule has 0 saturated heterocycles. The third-order valence-corrected chi connectivity index (χ3v) is 4.93. The van der Waals surface area contributed by atoms with Crippen molar-refractivity contribution < 1.29 is 17.9 Å². The summed E-state index contributed by atoms with van der Waals surface area (Å²) in [5.74, 6) is -0.129. The topological polar surface area (TPSA) is 98.5 Å². The molecule has 0 spiro atoms. The van der Waals surface area contributed by atoms with Crippen LogP contribution in [0.5, 0.6) is 5.75 Å². The smallest absolute Gasteiger partial charge is 0.241 e. The number of methoxy groups -OCH3 is 1. The van der Waals surface area contributed by atoms with E-state index in [-0.39, 0.29) is 17.7 Å². The predicted molar refractivity (Wildman–Crippen MR) is 75.8 cm³/mol. The van der Waals surface area contributed by atoms with Gasteiger partial charge in [0.15, 0.2) is 0 Å². The minimum atomic E-state index is -3.82. The van der Waals surface area contributed by atoms with E-state index in [1.54, 1.807) is 26.0 Å². The highest BCUT2D eigenvalue weighted by Crippen LogP contribution is 2.21. The van der Waals surface area contributed by atoms with Crippen LogP contribution in [-0.2, 0) is 14.8 Å². The molecule has 7 heteroatoms. The summed E-state index contributed by atoms with van der Waals surface area (Å²) in [6.45, 7) is 3.43. The lowest BCUT2D eigenvalue weighted by molar-refractivity contribution is -0.124. The van der Waals surface area contributed by atoms with E-state index in [2.05, 4.69) is 4.72 Å². The van der Waals surface area contributed by atoms with Gasteiger partial charge in [-0.15, -0.1) is 0 Å². The van der Waals surface area contributed by atoms with Crippen LogP contribution in [0.2, 0.25) is 0 Å². The normalized spacial score (nSPS) is 12.2. The summed E-state index contributed by atoms with van der Waals surface area (Å²) in [6, 6.07) is 5.91. The molecule has 6 nitrogen and oxygen atoms in total. The fourth-order valence-electron chi connectivity index (χ4n) is 1.86. The molecule has 20 heavy (non-hydrogen) atoms. The van der Waals surface area contributed by atoms with Crippen molar-refractivity contribution in [2.24, 2.45) is 5.73 Å². The Hall–Kier alpha value is -1.60. The van der Waals surface area contributed by atoms with Crippen LogP contribution in [0.15, 0.2) is 29.2 Å². The molecule has 112 valence electrons. The summed E-state index contributed by atoms with van der Waals surface area (Å²) >= 11 is 0. The average molecular weight is 300 g/mol. The van der Waals surface area contributed by atoms with Gasteiger partial charge in [0.1, 0.15) is 11.3 Å². The van der Waals surface area contributed by atoms with Crippen molar-refractivity contribution in [3.05, 3.63) is 24.3 Å². The number of primary amides is 1. The monoisotopic (exact) mass is 300 g/mol. The van der Waals surface area contributed by atoms with Gasteiger partial charge in [-0.1, -0.05) is 13.8 Å². The Morgan fingerprint density at radius 1 is 1.25 bits per heavy atom. The van der Waals surface area contributed by atoms with Gasteiger partial charge >= 0.3 is 0 Å². The van der Waals surface area contributed by atoms with Gasteiger partial charge in [0.2, 0.25) is 15.9 Å². The molecule has 0 aliphatic carbocycles. The number of nitrogens with one attached hydrogen (secondary N) is 1. The number of sulfonamides is 1. The number of benzene rings is 1. The van der Waals surface area contributed by atoms with E-state index >= 15 is 0 Å². The Labute approximate surface area is 119 Å². The van der Waals surface area contributed by atoms with E-state index in [1.807, 2.05) is 0 Å². The zero-order valence-corrected chi connectivity index (χ0v) is 12.7. The van der Waals surface area contributed by atoms with Crippen molar-refractivity contribution >= 4 is 15.9 Å². The van der Waals surface area contributed by atoms with Gasteiger partial charge < -0.3 is 10.5 Å². The number of hydrogen-bond donors (Lipinski definition) is 2. The molecule has 0 radical (unpaired) electrons. The van der Waals surface area contributed by atoms with E-state index in [4.69, 9.17) is 10.5 Å². The zero-order chi connectivity index (χ0) is 15.4. The maximum atomic E-state index is 12.3. The molecule has 0 fully saturated rings. The molecule has 3 N–H and O–H groups in total. The minimum Gasteiger partial charge on any atom is -0.497 e. The van der Waals surface area contributed by atoms with Gasteiger partial charge in [0, 0.05) is 0 Å². The average Bonchev–Trinajstić information content (AvgIpc) is 2.44. The first-order valence-electron chi connectivity index (χ1n) is 6.29. The van der Waals surface area contributed by atoms with E-state index in [9.17, 15) is 13.2 Å². The Kier molecular flexibility index (Phi) is 5.13. The Bertz CT molecular complexity index is 563. The molecular formula is C13H20N2O4S. The first-order valence-corrected chi connectivity index (χ1v) is 7.77. The second kappa shape index (κ2) is 6.23. The van der Waals surface area contributed by atoms with Crippen molar-refractivity contribution in [3.63, 3.8) is 0 Å². The van der Waals surface area contributed by atoms with Crippen molar-refractivity contribution in [1.29, 1.82) is 0 Å². The molecule has 0 aliphatic heterocycles. The highest BCUT2D eigenvalue weighted by atomic mass is 32.2. The van der Waals surface area contributed by atoms with Crippen LogP contribution in [0.25, 0.3) is 0 Å². The minimum absolute atomic E-state index is 0.0609. The molecule has 1 aromatic carbocycles. The van der Waals surface area contributed by atoms with Gasteiger partial charge in [0.25, 0.3) is 0 Å². The van der Waals surface area contributed by atoms with Crippen LogP contribution in [-0.4, -0.2) is 27.0 Å². The second-order valence-electron chi connectivity index (χ2n) is 4.43. The molecule has 0 atom stereocenters. The molecule has 0 bridgehead atoms. The predicted octanol–water partition coefficient (Wildman–Crippen LogP) is 1.02. The van der Waals surface area contributed by atoms with Crippen LogP contribution < -0.4 is 15.2 Å². The van der Waals surface area contributed by atoms with E-state index in [0.29, 0.717) is 5.75 Å². The molecule has 1 aromatic rings. The Morgan fingerprint density at radius 2 is 1.75 bits per heavy atom. The molecule has 0 aliphatic rings. The van der Waals surface area contributed by atoms with Crippen molar-refractivity contribution in [3.8, 4) is 5.75 Å². The second-order valence-corrected chi connectivity index (χ2v) is 6.12. The number of carbonyl (C=O) groups is 1. The summed E-state index contributed by atoms with van der Waals surface area (Å²) in [6.07, 6.45) is 0.572. The lowest BCUT2D eigenvalue weighted by atomic mass is 9.94. The number of ether oxygens (including phenoxy) is 1. The molecule has 1 amide bonds. The van der Waals surface area contributed by atoms with Gasteiger partial charge in [-0.05, 0) is 37.1 Å². The number of hydrogen-bond acceptors (Lipinski definition) is 4. The number of nitrogens with two attached hydrogens (primary N) is 1. The molecule has 0 saturated carbocycles. The van der Waals surface area contributed by atoms with Crippen LogP contribution >= 0.6 is 0 Å². The van der Waals surface area contributed by atoms with Crippen molar-refractivity contribution in [2.75, 3.05) is 7.11 Å². The molecule has 0 aromatic heterocycles. The van der Waals surface area contributed by atoms with E-state index in [1.165, 1.54) is 19.2 Å². The third kappa shape index (κ3) is 3.29. The highest BCUT2D eigenvalue weighted by molar-refractivity contribution is 7.89. The SMILES string of the molecule is CCC(CC)(NS(=O)(=O)c1ccc(OC)cc1)C(N)=O. The van der Waals surface area contributed by atoms with Crippen molar-refractivity contribution in [2.45, 2.75) is 37.1 Å². The van der Waals surface area contributed by atoms with E-state index in [0.717, 1.165) is 0 Å². The summed E-state index contributed by atoms with van der Waals surface area (Å²) in [5, 5.41) is 0. The van der Waals surface area contributed by atoms with Crippen LogP contribution in [0.3, 0.4) is 0 Å². The lowest BCUT2D eigenvalue weighted by Crippen LogP contribution is -2.56. The Balaban J connectivity index is 3.12. The first kappa shape index (κ1) is 16.5. The molecule has 0 unspecified atom stereocenters. The molecule has 1 rings (SSSR count). The van der Waals surface area contributed by atoms with Gasteiger partial charge in [-0.25, -0.2) is 8.42 Å². The van der Waals surface area contributed by atoms with Crippen LogP contribution in [0.1, 0.15) is 26.7 Å². The summed E-state index contributed by atoms with van der Waals surface area (Å²) in [4.78, 5) is 11.6. The first-order chi connectivity index (χ1) is 9.31. The maximum absolute atomic E-state index is 12.3. The fraction of sp³-hybridized carbons (Fsp3) is 0.462. The molecule has 0 heterocycles. The quantitative estimate of drug-likeness (QED) is 0.785.